The number of aromatic nitrogens is 3. The predicted octanol–water partition coefficient (Wildman–Crippen LogP) is 2.11. The third-order valence-electron chi connectivity index (χ3n) is 3.05. The molecule has 2 aromatic rings. The average Bonchev–Trinajstić information content (AvgIpc) is 2.65. The molecule has 4 heteroatoms. The van der Waals surface area contributed by atoms with Crippen LogP contribution in [0.2, 0.25) is 0 Å². The van der Waals surface area contributed by atoms with Gasteiger partial charge in [-0.15, -0.1) is 0 Å². The van der Waals surface area contributed by atoms with Crippen LogP contribution in [0, 0.1) is 0 Å². The van der Waals surface area contributed by atoms with Crippen molar-refractivity contribution >= 4 is 11.0 Å². The standard InChI is InChI=1S/C13H20N4/c1-5-10-15-12(8(2)3)11-9(6-14)7-17(4)13(11)16-10/h7-8H,5-6,14H2,1-4H3. The molecule has 2 aromatic heterocycles. The summed E-state index contributed by atoms with van der Waals surface area (Å²) in [7, 11) is 2.01. The number of nitrogens with two attached hydrogens (primary N) is 1. The van der Waals surface area contributed by atoms with Crippen molar-refractivity contribution < 1.29 is 0 Å². The van der Waals surface area contributed by atoms with Gasteiger partial charge in [0.1, 0.15) is 11.5 Å². The molecule has 17 heavy (non-hydrogen) atoms. The molecule has 0 aliphatic carbocycles. The van der Waals surface area contributed by atoms with Crippen molar-refractivity contribution in [2.45, 2.75) is 39.7 Å². The van der Waals surface area contributed by atoms with Crippen LogP contribution in [-0.4, -0.2) is 14.5 Å². The fourth-order valence-corrected chi connectivity index (χ4v) is 2.17. The third-order valence-corrected chi connectivity index (χ3v) is 3.05. The lowest BCUT2D eigenvalue weighted by molar-refractivity contribution is 0.797. The molecule has 0 unspecified atom stereocenters. The highest BCUT2D eigenvalue weighted by Crippen LogP contribution is 2.27. The molecule has 2 N–H and O–H groups in total. The van der Waals surface area contributed by atoms with Crippen molar-refractivity contribution in [1.82, 2.24) is 14.5 Å². The summed E-state index contributed by atoms with van der Waals surface area (Å²) < 4.78 is 2.05. The smallest absolute Gasteiger partial charge is 0.143 e. The van der Waals surface area contributed by atoms with Gasteiger partial charge in [-0.25, -0.2) is 9.97 Å². The minimum Gasteiger partial charge on any atom is -0.335 e. The van der Waals surface area contributed by atoms with Crippen LogP contribution in [0.25, 0.3) is 11.0 Å². The zero-order valence-corrected chi connectivity index (χ0v) is 11.0. The van der Waals surface area contributed by atoms with Gasteiger partial charge in [0, 0.05) is 31.6 Å². The van der Waals surface area contributed by atoms with Gasteiger partial charge in [-0.3, -0.25) is 0 Å². The normalized spacial score (nSPS) is 11.6. The Labute approximate surface area is 102 Å². The minimum absolute atomic E-state index is 0.387. The van der Waals surface area contributed by atoms with Crippen molar-refractivity contribution in [3.8, 4) is 0 Å². The van der Waals surface area contributed by atoms with E-state index in [2.05, 4.69) is 36.9 Å². The predicted molar refractivity (Wildman–Crippen MR) is 69.9 cm³/mol. The summed E-state index contributed by atoms with van der Waals surface area (Å²) in [5, 5.41) is 1.14. The topological polar surface area (TPSA) is 56.7 Å². The van der Waals surface area contributed by atoms with Crippen LogP contribution in [0.4, 0.5) is 0 Å². The molecule has 0 radical (unpaired) electrons. The van der Waals surface area contributed by atoms with Crippen LogP contribution < -0.4 is 5.73 Å². The van der Waals surface area contributed by atoms with Gasteiger partial charge < -0.3 is 10.3 Å². The first-order valence-electron chi connectivity index (χ1n) is 6.13. The highest BCUT2D eigenvalue weighted by molar-refractivity contribution is 5.83. The van der Waals surface area contributed by atoms with Gasteiger partial charge in [0.25, 0.3) is 0 Å². The molecule has 4 nitrogen and oxygen atoms in total. The average molecular weight is 232 g/mol. The van der Waals surface area contributed by atoms with E-state index in [0.717, 1.165) is 34.5 Å². The van der Waals surface area contributed by atoms with E-state index in [1.54, 1.807) is 0 Å². The summed E-state index contributed by atoms with van der Waals surface area (Å²) in [6, 6.07) is 0. The number of aryl methyl sites for hydroxylation is 2. The van der Waals surface area contributed by atoms with Crippen LogP contribution in [0.5, 0.6) is 0 Å². The Morgan fingerprint density at radius 3 is 2.59 bits per heavy atom. The number of fused-ring (bicyclic) bond motifs is 1. The van der Waals surface area contributed by atoms with Gasteiger partial charge in [0.05, 0.1) is 5.69 Å². The van der Waals surface area contributed by atoms with E-state index in [0.29, 0.717) is 12.5 Å². The van der Waals surface area contributed by atoms with Crippen molar-refractivity contribution in [1.29, 1.82) is 0 Å². The van der Waals surface area contributed by atoms with Crippen molar-refractivity contribution in [3.05, 3.63) is 23.3 Å². The molecule has 0 spiro atoms. The first kappa shape index (κ1) is 12.0. The Morgan fingerprint density at radius 1 is 1.35 bits per heavy atom. The van der Waals surface area contributed by atoms with Gasteiger partial charge in [0.2, 0.25) is 0 Å². The summed E-state index contributed by atoms with van der Waals surface area (Å²) in [5.74, 6) is 1.30. The first-order valence-corrected chi connectivity index (χ1v) is 6.13. The first-order chi connectivity index (χ1) is 8.08. The fourth-order valence-electron chi connectivity index (χ4n) is 2.17. The molecule has 0 saturated heterocycles. The van der Waals surface area contributed by atoms with Gasteiger partial charge in [-0.2, -0.15) is 0 Å². The number of hydrogen-bond acceptors (Lipinski definition) is 3. The molecule has 2 heterocycles. The number of rotatable bonds is 3. The molecule has 0 amide bonds. The van der Waals surface area contributed by atoms with Gasteiger partial charge >= 0.3 is 0 Å². The maximum atomic E-state index is 5.80. The minimum atomic E-state index is 0.387. The van der Waals surface area contributed by atoms with Crippen LogP contribution in [0.15, 0.2) is 6.20 Å². The number of nitrogens with zero attached hydrogens (tertiary/aromatic N) is 3. The Hall–Kier alpha value is -1.42. The molecule has 0 bridgehead atoms. The molecule has 0 saturated carbocycles. The lowest BCUT2D eigenvalue weighted by Crippen LogP contribution is -2.04. The lowest BCUT2D eigenvalue weighted by Gasteiger charge is -2.09. The Morgan fingerprint density at radius 2 is 2.06 bits per heavy atom. The summed E-state index contributed by atoms with van der Waals surface area (Å²) in [4.78, 5) is 9.26. The summed E-state index contributed by atoms with van der Waals surface area (Å²) in [6.45, 7) is 6.94. The zero-order valence-electron chi connectivity index (χ0n) is 11.0. The summed E-state index contributed by atoms with van der Waals surface area (Å²) in [5.41, 5.74) is 9.05. The van der Waals surface area contributed by atoms with Gasteiger partial charge in [0.15, 0.2) is 0 Å². The van der Waals surface area contributed by atoms with Crippen LogP contribution in [0.1, 0.15) is 43.8 Å². The second kappa shape index (κ2) is 4.45. The van der Waals surface area contributed by atoms with E-state index in [-0.39, 0.29) is 0 Å². The highest BCUT2D eigenvalue weighted by atomic mass is 15.0. The quantitative estimate of drug-likeness (QED) is 0.881. The van der Waals surface area contributed by atoms with Crippen molar-refractivity contribution in [3.63, 3.8) is 0 Å². The zero-order chi connectivity index (χ0) is 12.6. The van der Waals surface area contributed by atoms with Gasteiger partial charge in [-0.1, -0.05) is 20.8 Å². The van der Waals surface area contributed by atoms with Crippen molar-refractivity contribution in [2.75, 3.05) is 0 Å². The monoisotopic (exact) mass is 232 g/mol. The second-order valence-corrected chi connectivity index (χ2v) is 4.70. The van der Waals surface area contributed by atoms with Gasteiger partial charge in [-0.05, 0) is 11.5 Å². The van der Waals surface area contributed by atoms with E-state index in [4.69, 9.17) is 5.73 Å². The van der Waals surface area contributed by atoms with Crippen LogP contribution >= 0.6 is 0 Å². The highest BCUT2D eigenvalue weighted by Gasteiger charge is 2.16. The van der Waals surface area contributed by atoms with Crippen LogP contribution in [-0.2, 0) is 20.0 Å². The Bertz CT molecular complexity index is 540. The van der Waals surface area contributed by atoms with E-state index < -0.39 is 0 Å². The molecular weight excluding hydrogens is 212 g/mol. The van der Waals surface area contributed by atoms with E-state index in [9.17, 15) is 0 Å². The fraction of sp³-hybridized carbons (Fsp3) is 0.538. The van der Waals surface area contributed by atoms with E-state index in [1.807, 2.05) is 11.6 Å². The molecule has 0 atom stereocenters. The molecule has 0 aliphatic rings. The SMILES string of the molecule is CCc1nc(C(C)C)c2c(CN)cn(C)c2n1. The van der Waals surface area contributed by atoms with E-state index in [1.165, 1.54) is 0 Å². The molecule has 0 aliphatic heterocycles. The third kappa shape index (κ3) is 1.93. The second-order valence-electron chi connectivity index (χ2n) is 4.70. The van der Waals surface area contributed by atoms with E-state index >= 15 is 0 Å². The molecule has 0 aromatic carbocycles. The Kier molecular flexibility index (Phi) is 3.15. The molecule has 92 valence electrons. The molecule has 2 rings (SSSR count). The number of hydrogen-bond donors (Lipinski definition) is 1. The molecular formula is C13H20N4. The Balaban J connectivity index is 2.83. The van der Waals surface area contributed by atoms with Crippen molar-refractivity contribution in [2.24, 2.45) is 12.8 Å². The largest absolute Gasteiger partial charge is 0.335 e. The maximum Gasteiger partial charge on any atom is 0.143 e. The van der Waals surface area contributed by atoms with Crippen LogP contribution in [0.3, 0.4) is 0 Å². The summed E-state index contributed by atoms with van der Waals surface area (Å²) >= 11 is 0. The summed E-state index contributed by atoms with van der Waals surface area (Å²) in [6.07, 6.45) is 2.92. The maximum absolute atomic E-state index is 5.80. The molecule has 0 fully saturated rings. The lowest BCUT2D eigenvalue weighted by atomic mass is 10.0.